The minimum atomic E-state index is -0.234. The molecule has 17 heavy (non-hydrogen) atoms. The van der Waals surface area contributed by atoms with E-state index in [0.717, 1.165) is 6.42 Å². The van der Waals surface area contributed by atoms with E-state index >= 15 is 0 Å². The Kier molecular flexibility index (Phi) is 4.73. The fourth-order valence-electron chi connectivity index (χ4n) is 2.08. The summed E-state index contributed by atoms with van der Waals surface area (Å²) in [6.45, 7) is 9.09. The normalized spacial score (nSPS) is 11.6. The third kappa shape index (κ3) is 5.03. The van der Waals surface area contributed by atoms with Crippen LogP contribution in [0.2, 0.25) is 0 Å². The number of esters is 1. The molecule has 0 saturated carbocycles. The number of benzene rings is 1. The van der Waals surface area contributed by atoms with Gasteiger partial charge in [-0.05, 0) is 29.9 Å². The van der Waals surface area contributed by atoms with E-state index < -0.39 is 0 Å². The summed E-state index contributed by atoms with van der Waals surface area (Å²) in [6, 6.07) is 9.13. The molecule has 0 saturated heterocycles. The second-order valence-electron chi connectivity index (χ2n) is 5.70. The smallest absolute Gasteiger partial charge is 0.338 e. The van der Waals surface area contributed by atoms with Crippen molar-refractivity contribution in [2.75, 3.05) is 6.61 Å². The van der Waals surface area contributed by atoms with Crippen molar-refractivity contribution in [1.29, 1.82) is 0 Å². The Morgan fingerprint density at radius 2 is 1.82 bits per heavy atom. The molecule has 2 heteroatoms. The average molecular weight is 234 g/mol. The molecule has 1 rings (SSSR count). The molecule has 0 fully saturated rings. The van der Waals surface area contributed by atoms with Gasteiger partial charge >= 0.3 is 5.97 Å². The quantitative estimate of drug-likeness (QED) is 0.722. The van der Waals surface area contributed by atoms with Crippen LogP contribution in [-0.2, 0) is 4.74 Å². The first kappa shape index (κ1) is 13.8. The molecule has 0 bridgehead atoms. The van der Waals surface area contributed by atoms with Crippen LogP contribution in [0.1, 0.15) is 44.5 Å². The number of carbonyl (C=O) groups is 1. The van der Waals surface area contributed by atoms with Gasteiger partial charge in [-0.15, -0.1) is 0 Å². The summed E-state index contributed by atoms with van der Waals surface area (Å²) < 4.78 is 5.35. The summed E-state index contributed by atoms with van der Waals surface area (Å²) in [5.41, 5.74) is 0.659. The van der Waals surface area contributed by atoms with Gasteiger partial charge in [0.05, 0.1) is 12.2 Å². The lowest BCUT2D eigenvalue weighted by Gasteiger charge is -2.26. The highest BCUT2D eigenvalue weighted by Crippen LogP contribution is 2.25. The number of carbonyl (C=O) groups excluding carboxylic acids is 1. The van der Waals surface area contributed by atoms with Crippen LogP contribution < -0.4 is 0 Å². The lowest BCUT2D eigenvalue weighted by atomic mass is 9.85. The van der Waals surface area contributed by atoms with Gasteiger partial charge in [-0.25, -0.2) is 4.79 Å². The third-order valence-electron chi connectivity index (χ3n) is 2.56. The van der Waals surface area contributed by atoms with Crippen LogP contribution >= 0.6 is 0 Å². The molecular weight excluding hydrogens is 212 g/mol. The lowest BCUT2D eigenvalue weighted by molar-refractivity contribution is 0.0306. The molecule has 1 aromatic rings. The molecule has 0 N–H and O–H groups in total. The van der Waals surface area contributed by atoms with Crippen LogP contribution in [0.5, 0.6) is 0 Å². The van der Waals surface area contributed by atoms with Crippen LogP contribution in [0.15, 0.2) is 30.3 Å². The summed E-state index contributed by atoms with van der Waals surface area (Å²) in [6.07, 6.45) is 1.05. The Labute approximate surface area is 104 Å². The van der Waals surface area contributed by atoms with Gasteiger partial charge in [0, 0.05) is 0 Å². The van der Waals surface area contributed by atoms with Crippen LogP contribution in [-0.4, -0.2) is 12.6 Å². The van der Waals surface area contributed by atoms with Crippen molar-refractivity contribution < 1.29 is 9.53 Å². The summed E-state index contributed by atoms with van der Waals surface area (Å²) in [7, 11) is 0. The van der Waals surface area contributed by atoms with Crippen molar-refractivity contribution in [2.24, 2.45) is 11.3 Å². The van der Waals surface area contributed by atoms with Crippen molar-refractivity contribution in [3.8, 4) is 0 Å². The summed E-state index contributed by atoms with van der Waals surface area (Å²) in [5.74, 6) is 0.378. The Morgan fingerprint density at radius 1 is 1.24 bits per heavy atom. The fourth-order valence-corrected chi connectivity index (χ4v) is 2.08. The van der Waals surface area contributed by atoms with Crippen molar-refractivity contribution in [3.63, 3.8) is 0 Å². The molecule has 0 aromatic heterocycles. The van der Waals surface area contributed by atoms with Gasteiger partial charge in [0.15, 0.2) is 0 Å². The Hall–Kier alpha value is -1.31. The zero-order valence-electron chi connectivity index (χ0n) is 11.2. The van der Waals surface area contributed by atoms with Crippen LogP contribution in [0.3, 0.4) is 0 Å². The maximum Gasteiger partial charge on any atom is 0.338 e. The summed E-state index contributed by atoms with van der Waals surface area (Å²) in [4.78, 5) is 11.8. The molecule has 94 valence electrons. The maximum absolute atomic E-state index is 11.8. The minimum Gasteiger partial charge on any atom is -0.462 e. The highest BCUT2D eigenvalue weighted by Gasteiger charge is 2.22. The fraction of sp³-hybridized carbons (Fsp3) is 0.533. The van der Waals surface area contributed by atoms with Gasteiger partial charge in [-0.2, -0.15) is 0 Å². The van der Waals surface area contributed by atoms with E-state index in [-0.39, 0.29) is 11.4 Å². The Morgan fingerprint density at radius 3 is 2.35 bits per heavy atom. The van der Waals surface area contributed by atoms with E-state index in [1.807, 2.05) is 18.2 Å². The van der Waals surface area contributed by atoms with E-state index in [2.05, 4.69) is 27.7 Å². The summed E-state index contributed by atoms with van der Waals surface area (Å²) in [5, 5.41) is 0. The van der Waals surface area contributed by atoms with Crippen molar-refractivity contribution in [2.45, 2.75) is 34.1 Å². The van der Waals surface area contributed by atoms with E-state index in [0.29, 0.717) is 18.1 Å². The second-order valence-corrected chi connectivity index (χ2v) is 5.70. The molecule has 1 aromatic carbocycles. The van der Waals surface area contributed by atoms with Crippen molar-refractivity contribution in [1.82, 2.24) is 0 Å². The van der Waals surface area contributed by atoms with Gasteiger partial charge in [0.2, 0.25) is 0 Å². The van der Waals surface area contributed by atoms with E-state index in [1.54, 1.807) is 12.1 Å². The first-order chi connectivity index (χ1) is 7.91. The standard InChI is InChI=1S/C15H22O2/c1-12(2)10-15(3,4)11-17-14(16)13-8-6-5-7-9-13/h5-9,12H,10-11H2,1-4H3. The average Bonchev–Trinajstić information content (AvgIpc) is 2.25. The van der Waals surface area contributed by atoms with Crippen molar-refractivity contribution >= 4 is 5.97 Å². The summed E-state index contributed by atoms with van der Waals surface area (Å²) >= 11 is 0. The molecule has 0 aliphatic heterocycles. The predicted octanol–water partition coefficient (Wildman–Crippen LogP) is 3.92. The first-order valence-corrected chi connectivity index (χ1v) is 6.13. The molecule has 0 aliphatic carbocycles. The van der Waals surface area contributed by atoms with Crippen molar-refractivity contribution in [3.05, 3.63) is 35.9 Å². The van der Waals surface area contributed by atoms with E-state index in [4.69, 9.17) is 4.74 Å². The van der Waals surface area contributed by atoms with Gasteiger partial charge in [-0.1, -0.05) is 45.9 Å². The first-order valence-electron chi connectivity index (χ1n) is 6.13. The highest BCUT2D eigenvalue weighted by atomic mass is 16.5. The van der Waals surface area contributed by atoms with Crippen LogP contribution in [0.4, 0.5) is 0 Å². The van der Waals surface area contributed by atoms with E-state index in [9.17, 15) is 4.79 Å². The number of ether oxygens (including phenoxy) is 1. The zero-order chi connectivity index (χ0) is 12.9. The molecule has 0 aliphatic rings. The molecule has 0 heterocycles. The highest BCUT2D eigenvalue weighted by molar-refractivity contribution is 5.89. The number of rotatable bonds is 5. The van der Waals surface area contributed by atoms with Gasteiger partial charge in [0.1, 0.15) is 0 Å². The van der Waals surface area contributed by atoms with Gasteiger partial charge in [0.25, 0.3) is 0 Å². The molecule has 0 spiro atoms. The van der Waals surface area contributed by atoms with Gasteiger partial charge < -0.3 is 4.74 Å². The predicted molar refractivity (Wildman–Crippen MR) is 70.0 cm³/mol. The largest absolute Gasteiger partial charge is 0.462 e. The van der Waals surface area contributed by atoms with Crippen LogP contribution in [0, 0.1) is 11.3 Å². The molecule has 0 radical (unpaired) electrons. The second kappa shape index (κ2) is 5.85. The monoisotopic (exact) mass is 234 g/mol. The molecule has 0 atom stereocenters. The molecule has 0 unspecified atom stereocenters. The number of hydrogen-bond donors (Lipinski definition) is 0. The topological polar surface area (TPSA) is 26.3 Å². The Bertz CT molecular complexity index is 352. The maximum atomic E-state index is 11.8. The lowest BCUT2D eigenvalue weighted by Crippen LogP contribution is -2.23. The third-order valence-corrected chi connectivity index (χ3v) is 2.56. The van der Waals surface area contributed by atoms with Gasteiger partial charge in [-0.3, -0.25) is 0 Å². The zero-order valence-corrected chi connectivity index (χ0v) is 11.2. The molecule has 0 amide bonds. The minimum absolute atomic E-state index is 0.0403. The SMILES string of the molecule is CC(C)CC(C)(C)COC(=O)c1ccccc1. The molecular formula is C15H22O2. The number of hydrogen-bond acceptors (Lipinski definition) is 2. The van der Waals surface area contributed by atoms with Crippen LogP contribution in [0.25, 0.3) is 0 Å². The molecule has 2 nitrogen and oxygen atoms in total. The van der Waals surface area contributed by atoms with E-state index in [1.165, 1.54) is 0 Å². The Balaban J connectivity index is 2.48.